The molecule has 3 aromatic heterocycles. The molecule has 1 amide bonds. The summed E-state index contributed by atoms with van der Waals surface area (Å²) >= 11 is 6.81. The number of aryl methyl sites for hydroxylation is 1. The molecule has 0 aliphatic heterocycles. The highest BCUT2D eigenvalue weighted by molar-refractivity contribution is 7.16. The normalized spacial score (nSPS) is 11.6. The van der Waals surface area contributed by atoms with Crippen molar-refractivity contribution < 1.29 is 22.4 Å². The third-order valence-electron chi connectivity index (χ3n) is 4.84. The number of hydrogen-bond acceptors (Lipinski definition) is 6. The minimum absolute atomic E-state index is 0.0636. The Morgan fingerprint density at radius 2 is 1.94 bits per heavy atom. The van der Waals surface area contributed by atoms with Crippen LogP contribution >= 0.6 is 22.9 Å². The van der Waals surface area contributed by atoms with Gasteiger partial charge in [0.15, 0.2) is 5.13 Å². The Bertz CT molecular complexity index is 1450. The number of carbonyl (C=O) groups excluding carboxylic acids is 1. The first kappa shape index (κ1) is 24.5. The lowest BCUT2D eigenvalue weighted by Gasteiger charge is -2.09. The van der Waals surface area contributed by atoms with E-state index in [1.165, 1.54) is 39.8 Å². The summed E-state index contributed by atoms with van der Waals surface area (Å²) in [7, 11) is 0. The Kier molecular flexibility index (Phi) is 6.72. The van der Waals surface area contributed by atoms with Crippen LogP contribution in [0.15, 0.2) is 47.7 Å². The van der Waals surface area contributed by atoms with E-state index in [9.17, 15) is 27.2 Å². The van der Waals surface area contributed by atoms with Crippen LogP contribution in [0.4, 0.5) is 17.6 Å². The Balaban J connectivity index is 1.48. The van der Waals surface area contributed by atoms with Gasteiger partial charge in [0.2, 0.25) is 0 Å². The quantitative estimate of drug-likeness (QED) is 0.383. The molecule has 0 aliphatic rings. The molecule has 0 bridgehead atoms. The van der Waals surface area contributed by atoms with Crippen LogP contribution in [0.25, 0.3) is 5.13 Å². The molecule has 4 aromatic rings. The predicted molar refractivity (Wildman–Crippen MR) is 119 cm³/mol. The molecule has 4 rings (SSSR count). The molecule has 8 nitrogen and oxygen atoms in total. The van der Waals surface area contributed by atoms with Crippen molar-refractivity contribution in [2.45, 2.75) is 26.2 Å². The van der Waals surface area contributed by atoms with E-state index in [-0.39, 0.29) is 33.8 Å². The van der Waals surface area contributed by atoms with Crippen molar-refractivity contribution >= 4 is 28.8 Å². The average molecular weight is 527 g/mol. The van der Waals surface area contributed by atoms with E-state index in [1.54, 1.807) is 6.92 Å². The number of amides is 1. The summed E-state index contributed by atoms with van der Waals surface area (Å²) in [4.78, 5) is 33.5. The minimum atomic E-state index is -4.58. The Morgan fingerprint density at radius 3 is 2.60 bits per heavy atom. The molecule has 0 spiro atoms. The van der Waals surface area contributed by atoms with Crippen LogP contribution in [0.2, 0.25) is 5.02 Å². The van der Waals surface area contributed by atoms with Crippen LogP contribution in [0.5, 0.6) is 0 Å². The van der Waals surface area contributed by atoms with Gasteiger partial charge in [-0.05, 0) is 30.7 Å². The maximum Gasteiger partial charge on any atom is 0.417 e. The van der Waals surface area contributed by atoms with E-state index < -0.39 is 29.2 Å². The Hall–Kier alpha value is -3.58. The molecule has 14 heteroatoms. The lowest BCUT2D eigenvalue weighted by Crippen LogP contribution is -2.24. The SMILES string of the molecule is Cc1nc(-n2cnn(Cc3ccc(F)cc3)c2=O)sc1C(=O)NCc1ncc(C(F)(F)F)cc1Cl. The van der Waals surface area contributed by atoms with Gasteiger partial charge in [-0.2, -0.15) is 18.3 Å². The zero-order valence-corrected chi connectivity index (χ0v) is 19.4. The highest BCUT2D eigenvalue weighted by Gasteiger charge is 2.31. The van der Waals surface area contributed by atoms with E-state index in [2.05, 4.69) is 20.4 Å². The largest absolute Gasteiger partial charge is 0.417 e. The number of rotatable bonds is 6. The molecule has 0 radical (unpaired) electrons. The number of halogens is 5. The maximum atomic E-state index is 13.1. The molecule has 0 saturated heterocycles. The number of thiazole rings is 1. The molecule has 0 saturated carbocycles. The molecule has 3 heterocycles. The number of nitrogens with zero attached hydrogens (tertiary/aromatic N) is 5. The number of aromatic nitrogens is 5. The van der Waals surface area contributed by atoms with Crippen molar-refractivity contribution in [3.8, 4) is 5.13 Å². The van der Waals surface area contributed by atoms with Gasteiger partial charge in [0.1, 0.15) is 17.0 Å². The summed E-state index contributed by atoms with van der Waals surface area (Å²) in [5, 5.41) is 6.55. The number of nitrogens with one attached hydrogen (secondary N) is 1. The molecular weight excluding hydrogens is 512 g/mol. The summed E-state index contributed by atoms with van der Waals surface area (Å²) in [5.41, 5.74) is -0.424. The van der Waals surface area contributed by atoms with Crippen molar-refractivity contribution in [3.63, 3.8) is 0 Å². The van der Waals surface area contributed by atoms with Gasteiger partial charge in [0, 0.05) is 6.20 Å². The summed E-state index contributed by atoms with van der Waals surface area (Å²) in [5.74, 6) is -0.956. The van der Waals surface area contributed by atoms with Gasteiger partial charge in [-0.25, -0.2) is 23.4 Å². The van der Waals surface area contributed by atoms with E-state index in [0.717, 1.165) is 17.4 Å². The Labute approximate surface area is 203 Å². The van der Waals surface area contributed by atoms with Crippen molar-refractivity contribution in [2.75, 3.05) is 0 Å². The van der Waals surface area contributed by atoms with Crippen molar-refractivity contribution in [1.82, 2.24) is 29.6 Å². The third kappa shape index (κ3) is 5.41. The second-order valence-corrected chi connectivity index (χ2v) is 8.70. The van der Waals surface area contributed by atoms with Crippen LogP contribution < -0.4 is 11.0 Å². The van der Waals surface area contributed by atoms with Crippen LogP contribution in [-0.2, 0) is 19.3 Å². The monoisotopic (exact) mass is 526 g/mol. The first-order valence-corrected chi connectivity index (χ1v) is 11.1. The number of hydrogen-bond donors (Lipinski definition) is 1. The molecule has 0 unspecified atom stereocenters. The summed E-state index contributed by atoms with van der Waals surface area (Å²) in [6.45, 7) is 1.48. The van der Waals surface area contributed by atoms with E-state index in [4.69, 9.17) is 11.6 Å². The van der Waals surface area contributed by atoms with Gasteiger partial charge in [-0.15, -0.1) is 0 Å². The van der Waals surface area contributed by atoms with E-state index in [1.807, 2.05) is 0 Å². The zero-order valence-electron chi connectivity index (χ0n) is 17.8. The topological polar surface area (TPSA) is 94.7 Å². The smallest absolute Gasteiger partial charge is 0.346 e. The second-order valence-electron chi connectivity index (χ2n) is 7.31. The molecule has 0 atom stereocenters. The number of benzene rings is 1. The molecule has 0 fully saturated rings. The standard InChI is InChI=1S/C21H15ClF4N6O2S/c1-11-17(18(33)28-8-16-15(22)6-13(7-27-16)21(24,25)26)35-19(30-11)31-10-29-32(20(31)34)9-12-2-4-14(23)5-3-12/h2-7,10H,8-9H2,1H3,(H,28,33). The predicted octanol–water partition coefficient (Wildman–Crippen LogP) is 3.98. The van der Waals surface area contributed by atoms with Crippen LogP contribution in [-0.4, -0.2) is 30.2 Å². The van der Waals surface area contributed by atoms with Gasteiger partial charge in [0.25, 0.3) is 5.91 Å². The number of alkyl halides is 3. The van der Waals surface area contributed by atoms with Gasteiger partial charge < -0.3 is 5.32 Å². The second kappa shape index (κ2) is 9.58. The lowest BCUT2D eigenvalue weighted by molar-refractivity contribution is -0.137. The minimum Gasteiger partial charge on any atom is -0.346 e. The van der Waals surface area contributed by atoms with Gasteiger partial charge in [-0.1, -0.05) is 35.1 Å². The summed E-state index contributed by atoms with van der Waals surface area (Å²) in [6, 6.07) is 6.37. The van der Waals surface area contributed by atoms with Crippen molar-refractivity contribution in [1.29, 1.82) is 0 Å². The molecule has 0 aliphatic carbocycles. The maximum absolute atomic E-state index is 13.1. The van der Waals surface area contributed by atoms with Crippen LogP contribution in [0.1, 0.15) is 32.2 Å². The van der Waals surface area contributed by atoms with E-state index >= 15 is 0 Å². The van der Waals surface area contributed by atoms with Crippen molar-refractivity contribution in [3.05, 3.63) is 91.6 Å². The van der Waals surface area contributed by atoms with E-state index in [0.29, 0.717) is 17.5 Å². The van der Waals surface area contributed by atoms with Gasteiger partial charge >= 0.3 is 11.9 Å². The fraction of sp³-hybridized carbons (Fsp3) is 0.190. The van der Waals surface area contributed by atoms with Crippen LogP contribution in [0.3, 0.4) is 0 Å². The third-order valence-corrected chi connectivity index (χ3v) is 6.32. The fourth-order valence-electron chi connectivity index (χ4n) is 3.03. The lowest BCUT2D eigenvalue weighted by atomic mass is 10.2. The first-order valence-electron chi connectivity index (χ1n) is 9.89. The molecule has 182 valence electrons. The average Bonchev–Trinajstić information content (AvgIpc) is 3.36. The molecular formula is C21H15ClF4N6O2S. The highest BCUT2D eigenvalue weighted by Crippen LogP contribution is 2.31. The molecule has 35 heavy (non-hydrogen) atoms. The van der Waals surface area contributed by atoms with Gasteiger partial charge in [0.05, 0.1) is 35.1 Å². The van der Waals surface area contributed by atoms with Crippen LogP contribution in [0, 0.1) is 12.7 Å². The van der Waals surface area contributed by atoms with Gasteiger partial charge in [-0.3, -0.25) is 9.78 Å². The summed E-state index contributed by atoms with van der Waals surface area (Å²) < 4.78 is 53.7. The highest BCUT2D eigenvalue weighted by atomic mass is 35.5. The zero-order chi connectivity index (χ0) is 25.3. The summed E-state index contributed by atoms with van der Waals surface area (Å²) in [6.07, 6.45) is -2.68. The Morgan fingerprint density at radius 1 is 1.23 bits per heavy atom. The first-order chi connectivity index (χ1) is 16.5. The number of pyridine rings is 1. The molecule has 1 N–H and O–H groups in total. The number of carbonyl (C=O) groups is 1. The molecule has 1 aromatic carbocycles. The van der Waals surface area contributed by atoms with Crippen molar-refractivity contribution in [2.24, 2.45) is 0 Å². The fourth-order valence-corrected chi connectivity index (χ4v) is 4.21.